The maximum absolute atomic E-state index is 17.3. The third-order valence-corrected chi connectivity index (χ3v) is 28.1. The van der Waals surface area contributed by atoms with Crippen LogP contribution in [0.5, 0.6) is 69.0 Å². The average Bonchev–Trinajstić information content (AvgIpc) is 1.16. The number of ether oxygens (including phenoxy) is 7. The molecular formula is C107H120Cl2N14O26. The molecule has 8 aliphatic heterocycles. The Hall–Kier alpha value is -13.9. The lowest BCUT2D eigenvalue weighted by atomic mass is 9.89. The molecule has 10 heterocycles. The highest BCUT2D eigenvalue weighted by Crippen LogP contribution is 2.51. The fourth-order valence-corrected chi connectivity index (χ4v) is 20.0. The summed E-state index contributed by atoms with van der Waals surface area (Å²) in [4.78, 5) is 135. The Bertz CT molecular complexity index is 6850. The largest absolute Gasteiger partial charge is 0.508 e. The van der Waals surface area contributed by atoms with Crippen LogP contribution in [0.15, 0.2) is 176 Å². The monoisotopic (exact) mass is 2090 g/mol. The van der Waals surface area contributed by atoms with Crippen molar-refractivity contribution >= 4 is 92.3 Å². The Morgan fingerprint density at radius 1 is 0.503 bits per heavy atom. The summed E-state index contributed by atoms with van der Waals surface area (Å²) in [5.74, 6) is -15.5. The number of aliphatic hydroxyl groups is 7. The first-order valence-corrected chi connectivity index (χ1v) is 50.0. The van der Waals surface area contributed by atoms with Gasteiger partial charge in [-0.05, 0) is 203 Å². The molecule has 8 aliphatic rings. The van der Waals surface area contributed by atoms with E-state index in [-0.39, 0.29) is 65.9 Å². The molecule has 2 aromatic heterocycles. The van der Waals surface area contributed by atoms with Crippen molar-refractivity contribution in [2.45, 2.75) is 195 Å². The molecule has 9 aromatic carbocycles. The van der Waals surface area contributed by atoms with E-state index in [0.29, 0.717) is 44.6 Å². The number of benzene rings is 9. The van der Waals surface area contributed by atoms with Gasteiger partial charge in [0.05, 0.1) is 22.7 Å². The van der Waals surface area contributed by atoms with E-state index < -0.39 is 254 Å². The van der Waals surface area contributed by atoms with Gasteiger partial charge in [0.2, 0.25) is 59.7 Å². The van der Waals surface area contributed by atoms with Crippen LogP contribution in [0.2, 0.25) is 10.0 Å². The molecule has 149 heavy (non-hydrogen) atoms. The lowest BCUT2D eigenvalue weighted by molar-refractivity contribution is -0.277. The van der Waals surface area contributed by atoms with Crippen LogP contribution in [0, 0.1) is 0 Å². The SMILES string of the molecule is CCCCn1cc(CNC2[C@H](Oc3c4cc5cc3Oc3ccc(cc3Cl)[C@@H](O)C3NC(=O)[C@H](NC(=O)[C@@H]5NC(=O)[C@H]5NC(=O)[C@@H](Cc6ccc(cc6)O4)NC(=O)[C@H](N(C)Cc4cn(CCCC)c6ccccc46)c4ccc(O)c(c4)Oc4cc(O)c(Cl)c5c4)c4ccc(O)c(c4)-c4c(O[C@H]5O[C@H](CO)[C@@H](O)[C@H](O)[C@@H]5O)cc(O)cc4[C@@H](C(=O)NCCCN(C)C)NC3=O)OC(C(=O)NCCCN(C)C)C(O)[C@@H]2O)c2ccccc21. The number of amides is 8. The molecule has 0 saturated carbocycles. The summed E-state index contributed by atoms with van der Waals surface area (Å²) in [6, 6.07) is 22.8. The van der Waals surface area contributed by atoms with Crippen molar-refractivity contribution < 1.29 is 128 Å². The maximum atomic E-state index is 17.3. The van der Waals surface area contributed by atoms with Crippen LogP contribution >= 0.6 is 23.2 Å². The first kappa shape index (κ1) is 106. The number of carbonyl (C=O) groups excluding carboxylic acids is 8. The molecule has 2 saturated heterocycles. The van der Waals surface area contributed by atoms with Gasteiger partial charge in [-0.25, -0.2) is 0 Å². The van der Waals surface area contributed by atoms with Crippen molar-refractivity contribution in [2.24, 2.45) is 0 Å². The molecule has 11 aromatic rings. The first-order valence-electron chi connectivity index (χ1n) is 49.3. The molecule has 0 aliphatic carbocycles. The van der Waals surface area contributed by atoms with Crippen LogP contribution in [-0.4, -0.2) is 269 Å². The molecule has 17 bridgehead atoms. The van der Waals surface area contributed by atoms with Crippen LogP contribution in [0.25, 0.3) is 32.9 Å². The van der Waals surface area contributed by atoms with Crippen LogP contribution < -0.4 is 71.5 Å². The number of aromatic nitrogens is 2. The Labute approximate surface area is 866 Å². The number of aliphatic hydroxyl groups excluding tert-OH is 7. The smallest absolute Gasteiger partial charge is 0.252 e. The zero-order valence-corrected chi connectivity index (χ0v) is 84.0. The van der Waals surface area contributed by atoms with Gasteiger partial charge in [0.25, 0.3) is 5.91 Å². The molecule has 20 N–H and O–H groups in total. The van der Waals surface area contributed by atoms with Crippen molar-refractivity contribution in [2.75, 3.05) is 68.0 Å². The number of aryl methyl sites for hydroxylation is 2. The Kier molecular flexibility index (Phi) is 32.9. The van der Waals surface area contributed by atoms with Gasteiger partial charge in [-0.3, -0.25) is 43.3 Å². The molecule has 0 spiro atoms. The molecule has 18 atom stereocenters. The highest BCUT2D eigenvalue weighted by atomic mass is 35.5. The van der Waals surface area contributed by atoms with E-state index >= 15 is 33.6 Å². The van der Waals surface area contributed by atoms with E-state index in [4.69, 9.17) is 56.4 Å². The van der Waals surface area contributed by atoms with E-state index in [1.54, 1.807) is 38.2 Å². The standard InChI is InChI=1S/C107H120Cl2N14O26/c1-8-10-36-122-50-58(63-18-12-14-20-70(63)122)48-112-88-92(131)94(133)97(105(142)111-33-17-35-120(5)6)149-106(88)148-96-78-42-57-43-79(96)145-75-31-26-56(40-68(75)108)90(129)87-103(140)117-85(99(136)110-32-16-34-119(3)4)66-44-60(125)45-77(146-107-95(134)93(132)91(130)80(52-124)147-107)81(66)65-39-54(24-29-72(65)126)83(100(137)118-87)114-101(138)84(57)115-102(139)86-67-46-62(47-74(128)82(67)109)144-76-41-55(25-30-73(76)127)89(104(141)113-69(98(135)116-86)38-53-22-27-61(143-78)28-23-53)121(7)49-59-51-123(37-11-9-2)71-21-15-13-19-64(59)71/h12-15,18-31,39-47,50-51,69,80,83-95,97,106-107,112,124-134H,8-11,16-17,32-38,48-49,52H2,1-7H3,(H,110,136)(H,111,142)(H,113,141)(H,114,138)(H,115,139)(H,116,135)(H,117,140)(H,118,137)/t69-,80-,83-,84-,85+,86+,87?,88?,89-,90-,91-,92-,93+,94?,95+,97?,106-,107+/m1/s1. The summed E-state index contributed by atoms with van der Waals surface area (Å²) in [5.41, 5.74) is 0.995. The van der Waals surface area contributed by atoms with Crippen LogP contribution in [0.3, 0.4) is 0 Å². The average molecular weight is 2090 g/mol. The zero-order chi connectivity index (χ0) is 106. The zero-order valence-electron chi connectivity index (χ0n) is 82.5. The van der Waals surface area contributed by atoms with Crippen LogP contribution in [-0.2, 0) is 80.4 Å². The molecule has 8 amide bonds. The minimum atomic E-state index is -2.43. The fourth-order valence-electron chi connectivity index (χ4n) is 19.6. The molecule has 4 unspecified atom stereocenters. The number of para-hydroxylation sites is 2. The van der Waals surface area contributed by atoms with Crippen molar-refractivity contribution in [1.29, 1.82) is 0 Å². The van der Waals surface area contributed by atoms with E-state index in [9.17, 15) is 61.0 Å². The van der Waals surface area contributed by atoms with Gasteiger partial charge in [0, 0.05) is 109 Å². The third kappa shape index (κ3) is 23.1. The van der Waals surface area contributed by atoms with Gasteiger partial charge >= 0.3 is 0 Å². The minimum Gasteiger partial charge on any atom is -0.508 e. The molecule has 2 fully saturated rings. The van der Waals surface area contributed by atoms with Crippen molar-refractivity contribution in [3.63, 3.8) is 0 Å². The van der Waals surface area contributed by atoms with Gasteiger partial charge < -0.3 is 156 Å². The van der Waals surface area contributed by atoms with Crippen molar-refractivity contribution in [1.82, 2.24) is 71.7 Å². The van der Waals surface area contributed by atoms with Gasteiger partial charge in [0.15, 0.2) is 29.1 Å². The summed E-state index contributed by atoms with van der Waals surface area (Å²) in [6.45, 7) is 5.45. The molecule has 0 radical (unpaired) electrons. The summed E-state index contributed by atoms with van der Waals surface area (Å²) < 4.78 is 51.0. The number of hydrogen-bond acceptors (Lipinski definition) is 30. The molecule has 40 nitrogen and oxygen atoms in total. The van der Waals surface area contributed by atoms with E-state index in [1.807, 2.05) is 84.8 Å². The molecule has 788 valence electrons. The van der Waals surface area contributed by atoms with Crippen LogP contribution in [0.4, 0.5) is 0 Å². The normalized spacial score (nSPS) is 24.0. The number of hydrogen-bond donors (Lipinski definition) is 20. The lowest BCUT2D eigenvalue weighted by Crippen LogP contribution is -2.66. The van der Waals surface area contributed by atoms with E-state index in [1.165, 1.54) is 48.5 Å². The lowest BCUT2D eigenvalue weighted by Gasteiger charge is -2.42. The Balaban J connectivity index is 0.879. The number of unbranched alkanes of at least 4 members (excludes halogenated alkanes) is 2. The highest BCUT2D eigenvalue weighted by Gasteiger charge is 2.52. The number of nitrogens with zero attached hydrogens (tertiary/aromatic N) is 5. The van der Waals surface area contributed by atoms with Gasteiger partial charge in [-0.2, -0.15) is 0 Å². The summed E-state index contributed by atoms with van der Waals surface area (Å²) in [7, 11) is 8.94. The third-order valence-electron chi connectivity index (χ3n) is 27.4. The fraction of sp³-hybridized carbons (Fsp3) is 0.383. The van der Waals surface area contributed by atoms with Crippen molar-refractivity contribution in [3.05, 3.63) is 236 Å². The second-order valence-corrected chi connectivity index (χ2v) is 39.4. The van der Waals surface area contributed by atoms with E-state index in [0.717, 1.165) is 113 Å². The summed E-state index contributed by atoms with van der Waals surface area (Å²) in [6.07, 6.45) is -12.3. The Morgan fingerprint density at radius 2 is 1.11 bits per heavy atom. The highest BCUT2D eigenvalue weighted by molar-refractivity contribution is 6.33. The molecular weight excluding hydrogens is 1970 g/mol. The van der Waals surface area contributed by atoms with Gasteiger partial charge in [-0.1, -0.05) is 117 Å². The number of aromatic hydroxyl groups is 4. The van der Waals surface area contributed by atoms with Crippen LogP contribution in [0.1, 0.15) is 139 Å². The number of likely N-dealkylation sites (N-methyl/N-ethyl adjacent to an activating group) is 1. The van der Waals surface area contributed by atoms with Gasteiger partial charge in [0.1, 0.15) is 125 Å². The minimum absolute atomic E-state index is 0.0605. The topological polar surface area (TPSA) is 552 Å². The summed E-state index contributed by atoms with van der Waals surface area (Å²) in [5, 5.41) is 158. The number of fused-ring (bicyclic) bond motifs is 16. The maximum Gasteiger partial charge on any atom is 0.252 e. The number of carbonyl (C=O) groups is 8. The molecule has 19 rings (SSSR count). The first-order chi connectivity index (χ1) is 71.5. The number of nitrogens with one attached hydrogen (secondary N) is 9. The second kappa shape index (κ2) is 46.1. The second-order valence-electron chi connectivity index (χ2n) is 38.6. The van der Waals surface area contributed by atoms with Crippen molar-refractivity contribution in [3.8, 4) is 80.1 Å². The number of phenols is 4. The Morgan fingerprint density at radius 3 is 1.78 bits per heavy atom. The molecule has 42 heteroatoms. The number of rotatable bonds is 27. The number of halogens is 2. The number of phenolic OH excluding ortho intramolecular Hbond substituents is 4. The van der Waals surface area contributed by atoms with E-state index in [2.05, 4.69) is 70.8 Å². The predicted molar refractivity (Wildman–Crippen MR) is 544 cm³/mol. The quantitative estimate of drug-likeness (QED) is 0.0222. The van der Waals surface area contributed by atoms with Gasteiger partial charge in [-0.15, -0.1) is 0 Å². The predicted octanol–water partition coefficient (Wildman–Crippen LogP) is 7.47. The summed E-state index contributed by atoms with van der Waals surface area (Å²) >= 11 is 14.7.